The Kier molecular flexibility index (Phi) is 4.31. The Morgan fingerprint density at radius 3 is 2.50 bits per heavy atom. The third-order valence-electron chi connectivity index (χ3n) is 2.17. The van der Waals surface area contributed by atoms with Gasteiger partial charge in [0.25, 0.3) is 0 Å². The summed E-state index contributed by atoms with van der Waals surface area (Å²) in [4.78, 5) is 15.4. The molecule has 1 amide bonds. The van der Waals surface area contributed by atoms with Gasteiger partial charge in [0.05, 0.1) is 11.9 Å². The highest BCUT2D eigenvalue weighted by Gasteiger charge is 2.20. The molecule has 1 rings (SSSR count). The maximum absolute atomic E-state index is 11.6. The fourth-order valence-electron chi connectivity index (χ4n) is 1.34. The lowest BCUT2D eigenvalue weighted by molar-refractivity contribution is 0.0635. The standard InChI is InChI=1S/C11H17BN2O4/c1-7-8(12(16)17)5-13-6-9(7)14-10(15)18-11(2,3)4/h5-6,16-17H,1-4H3,(H,14,15). The number of rotatable bonds is 2. The van der Waals surface area contributed by atoms with E-state index in [-0.39, 0.29) is 5.46 Å². The molecule has 0 atom stereocenters. The van der Waals surface area contributed by atoms with Gasteiger partial charge in [0, 0.05) is 11.7 Å². The summed E-state index contributed by atoms with van der Waals surface area (Å²) in [5.74, 6) is 0. The minimum Gasteiger partial charge on any atom is -0.444 e. The van der Waals surface area contributed by atoms with Crippen LogP contribution in [0.2, 0.25) is 0 Å². The molecule has 0 aliphatic carbocycles. The Morgan fingerprint density at radius 1 is 1.39 bits per heavy atom. The fraction of sp³-hybridized carbons (Fsp3) is 0.455. The van der Waals surface area contributed by atoms with E-state index in [1.165, 1.54) is 12.4 Å². The molecule has 0 radical (unpaired) electrons. The van der Waals surface area contributed by atoms with Gasteiger partial charge in [-0.2, -0.15) is 0 Å². The second-order valence-corrected chi connectivity index (χ2v) is 4.90. The summed E-state index contributed by atoms with van der Waals surface area (Å²) in [6.45, 7) is 6.92. The molecule has 0 saturated carbocycles. The lowest BCUT2D eigenvalue weighted by Gasteiger charge is -2.20. The van der Waals surface area contributed by atoms with Crippen molar-refractivity contribution in [2.24, 2.45) is 0 Å². The summed E-state index contributed by atoms with van der Waals surface area (Å²) in [6, 6.07) is 0. The molecule has 0 spiro atoms. The largest absolute Gasteiger partial charge is 0.490 e. The van der Waals surface area contributed by atoms with Gasteiger partial charge in [-0.1, -0.05) is 0 Å². The molecule has 1 aromatic heterocycles. The summed E-state index contributed by atoms with van der Waals surface area (Å²) < 4.78 is 5.09. The molecular weight excluding hydrogens is 235 g/mol. The zero-order valence-corrected chi connectivity index (χ0v) is 10.9. The minimum atomic E-state index is -1.63. The normalized spacial score (nSPS) is 11.0. The second-order valence-electron chi connectivity index (χ2n) is 4.90. The van der Waals surface area contributed by atoms with Gasteiger partial charge >= 0.3 is 13.2 Å². The Bertz CT molecular complexity index is 443. The zero-order chi connectivity index (χ0) is 13.9. The molecular formula is C11H17BN2O4. The van der Waals surface area contributed by atoms with Crippen LogP contribution in [-0.4, -0.2) is 33.8 Å². The van der Waals surface area contributed by atoms with Crippen LogP contribution in [0.15, 0.2) is 12.4 Å². The molecule has 0 fully saturated rings. The van der Waals surface area contributed by atoms with Gasteiger partial charge in [-0.05, 0) is 33.3 Å². The van der Waals surface area contributed by atoms with E-state index in [9.17, 15) is 4.79 Å². The van der Waals surface area contributed by atoms with Gasteiger partial charge < -0.3 is 14.8 Å². The summed E-state index contributed by atoms with van der Waals surface area (Å²) in [7, 11) is -1.63. The molecule has 18 heavy (non-hydrogen) atoms. The topological polar surface area (TPSA) is 91.7 Å². The number of aromatic nitrogens is 1. The van der Waals surface area contributed by atoms with Crippen LogP contribution in [-0.2, 0) is 4.74 Å². The number of hydrogen-bond acceptors (Lipinski definition) is 5. The third-order valence-corrected chi connectivity index (χ3v) is 2.17. The van der Waals surface area contributed by atoms with E-state index in [2.05, 4.69) is 10.3 Å². The molecule has 0 bridgehead atoms. The Hall–Kier alpha value is -1.60. The Labute approximate surface area is 106 Å². The van der Waals surface area contributed by atoms with Gasteiger partial charge in [-0.25, -0.2) is 4.79 Å². The summed E-state index contributed by atoms with van der Waals surface area (Å²) >= 11 is 0. The number of pyridine rings is 1. The average Bonchev–Trinajstić information content (AvgIpc) is 2.17. The van der Waals surface area contributed by atoms with E-state index >= 15 is 0 Å². The highest BCUT2D eigenvalue weighted by atomic mass is 16.6. The molecule has 98 valence electrons. The first-order valence-corrected chi connectivity index (χ1v) is 5.51. The summed E-state index contributed by atoms with van der Waals surface area (Å²) in [6.07, 6.45) is 2.14. The van der Waals surface area contributed by atoms with Crippen molar-refractivity contribution < 1.29 is 19.6 Å². The van der Waals surface area contributed by atoms with E-state index in [4.69, 9.17) is 14.8 Å². The van der Waals surface area contributed by atoms with Crippen molar-refractivity contribution in [2.45, 2.75) is 33.3 Å². The molecule has 0 saturated heterocycles. The van der Waals surface area contributed by atoms with Crippen molar-refractivity contribution in [3.05, 3.63) is 18.0 Å². The average molecular weight is 252 g/mol. The van der Waals surface area contributed by atoms with Crippen LogP contribution in [0.3, 0.4) is 0 Å². The van der Waals surface area contributed by atoms with Crippen LogP contribution in [0.25, 0.3) is 0 Å². The number of anilines is 1. The molecule has 3 N–H and O–H groups in total. The first kappa shape index (κ1) is 14.5. The molecule has 0 aromatic carbocycles. The number of carbonyl (C=O) groups is 1. The number of ether oxygens (including phenoxy) is 1. The number of amides is 1. The summed E-state index contributed by atoms with van der Waals surface area (Å²) in [5.41, 5.74) is 0.559. The van der Waals surface area contributed by atoms with Gasteiger partial charge in [-0.3, -0.25) is 10.3 Å². The van der Waals surface area contributed by atoms with E-state index in [0.29, 0.717) is 11.3 Å². The maximum atomic E-state index is 11.6. The van der Waals surface area contributed by atoms with Gasteiger partial charge in [0.1, 0.15) is 5.60 Å². The van der Waals surface area contributed by atoms with Gasteiger partial charge in [0.15, 0.2) is 0 Å². The van der Waals surface area contributed by atoms with Crippen molar-refractivity contribution in [1.29, 1.82) is 0 Å². The quantitative estimate of drug-likeness (QED) is 0.663. The number of nitrogens with one attached hydrogen (secondary N) is 1. The molecule has 7 heteroatoms. The van der Waals surface area contributed by atoms with Crippen molar-refractivity contribution >= 4 is 24.4 Å². The Balaban J connectivity index is 2.86. The smallest absolute Gasteiger partial charge is 0.444 e. The number of hydrogen-bond donors (Lipinski definition) is 3. The van der Waals surface area contributed by atoms with Crippen molar-refractivity contribution in [1.82, 2.24) is 4.98 Å². The van der Waals surface area contributed by atoms with Gasteiger partial charge in [0.2, 0.25) is 0 Å². The fourth-order valence-corrected chi connectivity index (χ4v) is 1.34. The lowest BCUT2D eigenvalue weighted by Crippen LogP contribution is -2.34. The van der Waals surface area contributed by atoms with Crippen molar-refractivity contribution in [3.8, 4) is 0 Å². The van der Waals surface area contributed by atoms with Crippen molar-refractivity contribution in [3.63, 3.8) is 0 Å². The van der Waals surface area contributed by atoms with E-state index in [1.807, 2.05) is 0 Å². The predicted molar refractivity (Wildman–Crippen MR) is 68.7 cm³/mol. The first-order valence-electron chi connectivity index (χ1n) is 5.51. The van der Waals surface area contributed by atoms with Crippen LogP contribution in [0.5, 0.6) is 0 Å². The highest BCUT2D eigenvalue weighted by molar-refractivity contribution is 6.59. The molecule has 0 unspecified atom stereocenters. The molecule has 1 heterocycles. The van der Waals surface area contributed by atoms with Crippen molar-refractivity contribution in [2.75, 3.05) is 5.32 Å². The summed E-state index contributed by atoms with van der Waals surface area (Å²) in [5, 5.41) is 20.8. The van der Waals surface area contributed by atoms with Crippen LogP contribution >= 0.6 is 0 Å². The Morgan fingerprint density at radius 2 is 2.00 bits per heavy atom. The van der Waals surface area contributed by atoms with Crippen LogP contribution < -0.4 is 10.8 Å². The van der Waals surface area contributed by atoms with Crippen LogP contribution in [0.4, 0.5) is 10.5 Å². The molecule has 1 aromatic rings. The number of nitrogens with zero attached hydrogens (tertiary/aromatic N) is 1. The minimum absolute atomic E-state index is 0.239. The highest BCUT2D eigenvalue weighted by Crippen LogP contribution is 2.13. The first-order chi connectivity index (χ1) is 8.20. The zero-order valence-electron chi connectivity index (χ0n) is 10.9. The molecule has 0 aliphatic heterocycles. The van der Waals surface area contributed by atoms with Gasteiger partial charge in [-0.15, -0.1) is 0 Å². The molecule has 6 nitrogen and oxygen atoms in total. The van der Waals surface area contributed by atoms with Crippen LogP contribution in [0.1, 0.15) is 26.3 Å². The molecule has 0 aliphatic rings. The third kappa shape index (κ3) is 4.01. The number of carbonyl (C=O) groups excluding carboxylic acids is 1. The van der Waals surface area contributed by atoms with Crippen LogP contribution in [0, 0.1) is 6.92 Å². The lowest BCUT2D eigenvalue weighted by atomic mass is 9.78. The second kappa shape index (κ2) is 5.37. The maximum Gasteiger partial charge on any atom is 0.490 e. The van der Waals surface area contributed by atoms with E-state index in [0.717, 1.165) is 0 Å². The predicted octanol–water partition coefficient (Wildman–Crippen LogP) is 0.417. The van der Waals surface area contributed by atoms with E-state index in [1.54, 1.807) is 27.7 Å². The van der Waals surface area contributed by atoms with E-state index < -0.39 is 18.8 Å². The SMILES string of the molecule is Cc1c(NC(=O)OC(C)(C)C)cncc1B(O)O. The monoisotopic (exact) mass is 252 g/mol.